The van der Waals surface area contributed by atoms with Crippen molar-refractivity contribution in [3.63, 3.8) is 0 Å². The molecule has 3 rings (SSSR count). The van der Waals surface area contributed by atoms with Crippen LogP contribution in [0, 0.1) is 0 Å². The van der Waals surface area contributed by atoms with Gasteiger partial charge >= 0.3 is 0 Å². The first kappa shape index (κ1) is 13.6. The molecule has 108 valence electrons. The largest absolute Gasteiger partial charge is 0.337 e. The molecule has 2 heterocycles. The third kappa shape index (κ3) is 2.58. The summed E-state index contributed by atoms with van der Waals surface area (Å²) in [5.74, 6) is 0.186. The molecule has 4 nitrogen and oxygen atoms in total. The van der Waals surface area contributed by atoms with Gasteiger partial charge in [-0.25, -0.2) is 0 Å². The standard InChI is InChI=1S/C16H23N3O/c1-18(2)15-4-3-7-19(11-15)16(20)12-5-6-13-9-17-10-14(13)8-12/h5-6,8,15,17H,3-4,7,9-11H2,1-2H3. The number of benzene rings is 1. The van der Waals surface area contributed by atoms with Gasteiger partial charge in [-0.1, -0.05) is 6.07 Å². The summed E-state index contributed by atoms with van der Waals surface area (Å²) < 4.78 is 0. The molecule has 1 aromatic carbocycles. The third-order valence-corrected chi connectivity index (χ3v) is 4.50. The molecule has 1 saturated heterocycles. The Morgan fingerprint density at radius 3 is 2.90 bits per heavy atom. The number of nitrogens with zero attached hydrogens (tertiary/aromatic N) is 2. The molecule has 20 heavy (non-hydrogen) atoms. The molecule has 2 aliphatic rings. The number of rotatable bonds is 2. The zero-order valence-corrected chi connectivity index (χ0v) is 12.4. The SMILES string of the molecule is CN(C)C1CCCN(C(=O)c2ccc3c(c2)CNC3)C1. The van der Waals surface area contributed by atoms with Gasteiger partial charge in [-0.15, -0.1) is 0 Å². The van der Waals surface area contributed by atoms with Crippen molar-refractivity contribution in [1.29, 1.82) is 0 Å². The highest BCUT2D eigenvalue weighted by atomic mass is 16.2. The van der Waals surface area contributed by atoms with Crippen LogP contribution in [0.15, 0.2) is 18.2 Å². The highest BCUT2D eigenvalue weighted by Crippen LogP contribution is 2.20. The van der Waals surface area contributed by atoms with Crippen molar-refractivity contribution in [1.82, 2.24) is 15.1 Å². The van der Waals surface area contributed by atoms with Crippen molar-refractivity contribution in [2.24, 2.45) is 0 Å². The van der Waals surface area contributed by atoms with Gasteiger partial charge in [0.1, 0.15) is 0 Å². The first-order valence-electron chi connectivity index (χ1n) is 7.43. The van der Waals surface area contributed by atoms with E-state index in [0.717, 1.165) is 38.2 Å². The molecule has 1 unspecified atom stereocenters. The maximum absolute atomic E-state index is 12.7. The fourth-order valence-electron chi connectivity index (χ4n) is 3.17. The van der Waals surface area contributed by atoms with E-state index in [1.165, 1.54) is 17.5 Å². The monoisotopic (exact) mass is 273 g/mol. The lowest BCUT2D eigenvalue weighted by molar-refractivity contribution is 0.0635. The number of piperidine rings is 1. The molecule has 4 heteroatoms. The van der Waals surface area contributed by atoms with Crippen LogP contribution in [0.25, 0.3) is 0 Å². The van der Waals surface area contributed by atoms with Crippen LogP contribution < -0.4 is 5.32 Å². The van der Waals surface area contributed by atoms with Crippen LogP contribution in [0.1, 0.15) is 34.3 Å². The molecule has 1 N–H and O–H groups in total. The van der Waals surface area contributed by atoms with E-state index < -0.39 is 0 Å². The number of hydrogen-bond donors (Lipinski definition) is 1. The summed E-state index contributed by atoms with van der Waals surface area (Å²) in [6, 6.07) is 6.63. The smallest absolute Gasteiger partial charge is 0.253 e. The van der Waals surface area contributed by atoms with Crippen LogP contribution in [0.4, 0.5) is 0 Å². The minimum atomic E-state index is 0.186. The lowest BCUT2D eigenvalue weighted by Crippen LogP contribution is -2.47. The molecule has 1 amide bonds. The van der Waals surface area contributed by atoms with Crippen molar-refractivity contribution in [3.05, 3.63) is 34.9 Å². The Hall–Kier alpha value is -1.39. The molecule has 1 atom stereocenters. The van der Waals surface area contributed by atoms with Crippen LogP contribution in [-0.4, -0.2) is 48.9 Å². The summed E-state index contributed by atoms with van der Waals surface area (Å²) in [7, 11) is 4.19. The highest BCUT2D eigenvalue weighted by Gasteiger charge is 2.26. The van der Waals surface area contributed by atoms with E-state index in [2.05, 4.69) is 36.4 Å². The number of carbonyl (C=O) groups excluding carboxylic acids is 1. The predicted octanol–water partition coefficient (Wildman–Crippen LogP) is 1.46. The van der Waals surface area contributed by atoms with Crippen LogP contribution in [0.3, 0.4) is 0 Å². The van der Waals surface area contributed by atoms with E-state index in [1.807, 2.05) is 11.0 Å². The highest BCUT2D eigenvalue weighted by molar-refractivity contribution is 5.94. The zero-order chi connectivity index (χ0) is 14.1. The fourth-order valence-corrected chi connectivity index (χ4v) is 3.17. The molecule has 1 aromatic rings. The molecule has 1 fully saturated rings. The summed E-state index contributed by atoms with van der Waals surface area (Å²) in [4.78, 5) is 16.9. The Morgan fingerprint density at radius 1 is 1.30 bits per heavy atom. The van der Waals surface area contributed by atoms with Gasteiger partial charge < -0.3 is 15.1 Å². The molecule has 0 bridgehead atoms. The summed E-state index contributed by atoms with van der Waals surface area (Å²) in [5, 5.41) is 3.32. The number of likely N-dealkylation sites (N-methyl/N-ethyl adjacent to an activating group) is 1. The molecule has 0 aromatic heterocycles. The lowest BCUT2D eigenvalue weighted by Gasteiger charge is -2.36. The van der Waals surface area contributed by atoms with Crippen molar-refractivity contribution in [2.45, 2.75) is 32.0 Å². The van der Waals surface area contributed by atoms with E-state index in [-0.39, 0.29) is 5.91 Å². The molecule has 0 saturated carbocycles. The topological polar surface area (TPSA) is 35.6 Å². The van der Waals surface area contributed by atoms with Gasteiger partial charge in [0.2, 0.25) is 0 Å². The number of likely N-dealkylation sites (tertiary alicyclic amines) is 1. The Balaban J connectivity index is 1.75. The Bertz CT molecular complexity index is 512. The van der Waals surface area contributed by atoms with Crippen LogP contribution in [0.5, 0.6) is 0 Å². The minimum absolute atomic E-state index is 0.186. The third-order valence-electron chi connectivity index (χ3n) is 4.50. The molecule has 0 radical (unpaired) electrons. The van der Waals surface area contributed by atoms with Crippen molar-refractivity contribution >= 4 is 5.91 Å². The van der Waals surface area contributed by atoms with Gasteiger partial charge in [0.15, 0.2) is 0 Å². The van der Waals surface area contributed by atoms with E-state index in [9.17, 15) is 4.79 Å². The van der Waals surface area contributed by atoms with Crippen molar-refractivity contribution in [3.8, 4) is 0 Å². The van der Waals surface area contributed by atoms with Crippen LogP contribution >= 0.6 is 0 Å². The van der Waals surface area contributed by atoms with Crippen LogP contribution in [-0.2, 0) is 13.1 Å². The maximum atomic E-state index is 12.7. The summed E-state index contributed by atoms with van der Waals surface area (Å²) >= 11 is 0. The number of hydrogen-bond acceptors (Lipinski definition) is 3. The summed E-state index contributed by atoms with van der Waals surface area (Å²) in [6.45, 7) is 3.55. The fraction of sp³-hybridized carbons (Fsp3) is 0.562. The molecular formula is C16H23N3O. The van der Waals surface area contributed by atoms with E-state index in [4.69, 9.17) is 0 Å². The van der Waals surface area contributed by atoms with E-state index >= 15 is 0 Å². The number of amides is 1. The average molecular weight is 273 g/mol. The second kappa shape index (κ2) is 5.54. The predicted molar refractivity (Wildman–Crippen MR) is 79.6 cm³/mol. The van der Waals surface area contributed by atoms with Gasteiger partial charge in [-0.3, -0.25) is 4.79 Å². The molecule has 2 aliphatic heterocycles. The quantitative estimate of drug-likeness (QED) is 0.886. The van der Waals surface area contributed by atoms with Gasteiger partial charge in [0.05, 0.1) is 0 Å². The van der Waals surface area contributed by atoms with E-state index in [0.29, 0.717) is 6.04 Å². The first-order valence-corrected chi connectivity index (χ1v) is 7.43. The first-order chi connectivity index (χ1) is 9.65. The lowest BCUT2D eigenvalue weighted by atomic mass is 10.0. The molecular weight excluding hydrogens is 250 g/mol. The van der Waals surface area contributed by atoms with Crippen LogP contribution in [0.2, 0.25) is 0 Å². The van der Waals surface area contributed by atoms with Gasteiger partial charge in [-0.2, -0.15) is 0 Å². The van der Waals surface area contributed by atoms with Crippen molar-refractivity contribution < 1.29 is 4.79 Å². The molecule has 0 aliphatic carbocycles. The number of nitrogens with one attached hydrogen (secondary N) is 1. The second-order valence-electron chi connectivity index (χ2n) is 6.10. The maximum Gasteiger partial charge on any atom is 0.253 e. The van der Waals surface area contributed by atoms with E-state index in [1.54, 1.807) is 0 Å². The van der Waals surface area contributed by atoms with Gasteiger partial charge in [0.25, 0.3) is 5.91 Å². The Morgan fingerprint density at radius 2 is 2.10 bits per heavy atom. The minimum Gasteiger partial charge on any atom is -0.337 e. The number of fused-ring (bicyclic) bond motifs is 1. The number of carbonyl (C=O) groups is 1. The zero-order valence-electron chi connectivity index (χ0n) is 12.4. The van der Waals surface area contributed by atoms with Crippen molar-refractivity contribution in [2.75, 3.05) is 27.2 Å². The molecule has 0 spiro atoms. The normalized spacial score (nSPS) is 22.1. The Labute approximate surface area is 120 Å². The van der Waals surface area contributed by atoms with Gasteiger partial charge in [0, 0.05) is 37.8 Å². The summed E-state index contributed by atoms with van der Waals surface area (Å²) in [6.07, 6.45) is 2.28. The Kier molecular flexibility index (Phi) is 3.76. The van der Waals surface area contributed by atoms with Gasteiger partial charge in [-0.05, 0) is 50.2 Å². The average Bonchev–Trinajstić information content (AvgIpc) is 2.94. The second-order valence-corrected chi connectivity index (χ2v) is 6.10. The summed E-state index contributed by atoms with van der Waals surface area (Å²) in [5.41, 5.74) is 3.44.